The highest BCUT2D eigenvalue weighted by molar-refractivity contribution is 5.82. The summed E-state index contributed by atoms with van der Waals surface area (Å²) in [6, 6.07) is -0.115. The highest BCUT2D eigenvalue weighted by atomic mass is 16.3. The van der Waals surface area contributed by atoms with Crippen LogP contribution >= 0.6 is 0 Å². The summed E-state index contributed by atoms with van der Waals surface area (Å²) >= 11 is 0. The van der Waals surface area contributed by atoms with E-state index in [9.17, 15) is 10.2 Å². The van der Waals surface area contributed by atoms with Crippen LogP contribution in [-0.2, 0) is 0 Å². The van der Waals surface area contributed by atoms with Crippen LogP contribution in [0.15, 0.2) is 12.5 Å². The summed E-state index contributed by atoms with van der Waals surface area (Å²) in [6.45, 7) is 5.95. The maximum atomic E-state index is 10.2. The molecular formula is C14H19N3O2. The standard InChI is InChI=1S/C14H19N3O2/c1-7-4-10(13(19)12(7)18)17-5-8(2)11-9(3)15-6-16-14(11)17/h5-7,10,12-13,18-19H,4H2,1-3H3/t7-,10+,12+,13-/m0/s1. The van der Waals surface area contributed by atoms with Gasteiger partial charge >= 0.3 is 0 Å². The van der Waals surface area contributed by atoms with Crippen molar-refractivity contribution in [3.8, 4) is 0 Å². The minimum atomic E-state index is -0.736. The number of nitrogens with zero attached hydrogens (tertiary/aromatic N) is 3. The van der Waals surface area contributed by atoms with E-state index in [-0.39, 0.29) is 12.0 Å². The zero-order valence-corrected chi connectivity index (χ0v) is 11.4. The van der Waals surface area contributed by atoms with Gasteiger partial charge in [-0.15, -0.1) is 0 Å². The van der Waals surface area contributed by atoms with Crippen LogP contribution in [0.25, 0.3) is 11.0 Å². The Morgan fingerprint density at radius 2 is 1.95 bits per heavy atom. The molecule has 1 aliphatic carbocycles. The molecule has 0 bridgehead atoms. The van der Waals surface area contributed by atoms with Gasteiger partial charge in [0, 0.05) is 11.6 Å². The molecule has 1 saturated carbocycles. The number of hydrogen-bond donors (Lipinski definition) is 2. The summed E-state index contributed by atoms with van der Waals surface area (Å²) < 4.78 is 2.00. The molecule has 0 amide bonds. The Labute approximate surface area is 111 Å². The molecule has 0 aromatic carbocycles. The van der Waals surface area contributed by atoms with Gasteiger partial charge in [-0.05, 0) is 31.7 Å². The van der Waals surface area contributed by atoms with Crippen molar-refractivity contribution in [1.82, 2.24) is 14.5 Å². The fourth-order valence-electron chi connectivity index (χ4n) is 3.21. The molecule has 0 radical (unpaired) electrons. The molecule has 1 fully saturated rings. The number of aliphatic hydroxyl groups is 2. The Morgan fingerprint density at radius 1 is 1.21 bits per heavy atom. The molecule has 5 heteroatoms. The van der Waals surface area contributed by atoms with Crippen LogP contribution in [0.5, 0.6) is 0 Å². The molecule has 102 valence electrons. The lowest BCUT2D eigenvalue weighted by molar-refractivity contribution is 0.00970. The zero-order valence-electron chi connectivity index (χ0n) is 11.4. The van der Waals surface area contributed by atoms with Gasteiger partial charge in [-0.3, -0.25) is 0 Å². The minimum absolute atomic E-state index is 0.0979. The normalized spacial score (nSPS) is 31.2. The van der Waals surface area contributed by atoms with Crippen LogP contribution in [-0.4, -0.2) is 37.0 Å². The molecule has 2 aromatic rings. The molecule has 3 rings (SSSR count). The molecule has 0 unspecified atom stereocenters. The zero-order chi connectivity index (χ0) is 13.7. The van der Waals surface area contributed by atoms with Crippen molar-refractivity contribution in [3.63, 3.8) is 0 Å². The van der Waals surface area contributed by atoms with Crippen LogP contribution in [0.3, 0.4) is 0 Å². The molecule has 0 aliphatic heterocycles. The molecule has 2 N–H and O–H groups in total. The van der Waals surface area contributed by atoms with Crippen molar-refractivity contribution < 1.29 is 10.2 Å². The largest absolute Gasteiger partial charge is 0.390 e. The van der Waals surface area contributed by atoms with Gasteiger partial charge in [0.2, 0.25) is 0 Å². The first-order valence-electron chi connectivity index (χ1n) is 6.65. The predicted molar refractivity (Wildman–Crippen MR) is 71.8 cm³/mol. The van der Waals surface area contributed by atoms with E-state index in [0.717, 1.165) is 28.7 Å². The summed E-state index contributed by atoms with van der Waals surface area (Å²) in [6.07, 6.45) is 2.92. The van der Waals surface area contributed by atoms with Gasteiger partial charge in [-0.1, -0.05) is 6.92 Å². The molecule has 2 aromatic heterocycles. The van der Waals surface area contributed by atoms with Crippen LogP contribution in [0, 0.1) is 19.8 Å². The fourth-order valence-corrected chi connectivity index (χ4v) is 3.21. The van der Waals surface area contributed by atoms with Gasteiger partial charge in [0.05, 0.1) is 17.8 Å². The summed E-state index contributed by atoms with van der Waals surface area (Å²) in [5.74, 6) is 0.0979. The number of aromatic nitrogens is 3. The topological polar surface area (TPSA) is 71.2 Å². The molecule has 19 heavy (non-hydrogen) atoms. The highest BCUT2D eigenvalue weighted by Crippen LogP contribution is 2.37. The molecule has 4 atom stereocenters. The van der Waals surface area contributed by atoms with Crippen LogP contribution in [0.1, 0.15) is 30.6 Å². The maximum Gasteiger partial charge on any atom is 0.144 e. The molecule has 1 aliphatic rings. The van der Waals surface area contributed by atoms with E-state index in [1.165, 1.54) is 0 Å². The molecule has 2 heterocycles. The van der Waals surface area contributed by atoms with E-state index in [4.69, 9.17) is 0 Å². The highest BCUT2D eigenvalue weighted by Gasteiger charge is 2.40. The Kier molecular flexibility index (Phi) is 2.83. The van der Waals surface area contributed by atoms with Gasteiger partial charge in [0.15, 0.2) is 0 Å². The lowest BCUT2D eigenvalue weighted by atomic mass is 10.1. The minimum Gasteiger partial charge on any atom is -0.390 e. The molecule has 0 spiro atoms. The van der Waals surface area contributed by atoms with Gasteiger partial charge in [-0.25, -0.2) is 9.97 Å². The first-order valence-corrected chi connectivity index (χ1v) is 6.65. The molecular weight excluding hydrogens is 242 g/mol. The lowest BCUT2D eigenvalue weighted by Crippen LogP contribution is -2.28. The van der Waals surface area contributed by atoms with Crippen molar-refractivity contribution in [2.45, 2.75) is 45.4 Å². The predicted octanol–water partition coefficient (Wildman–Crippen LogP) is 1.35. The number of rotatable bonds is 1. The van der Waals surface area contributed by atoms with Gasteiger partial charge < -0.3 is 14.8 Å². The number of hydrogen-bond acceptors (Lipinski definition) is 4. The van der Waals surface area contributed by atoms with Crippen molar-refractivity contribution in [2.24, 2.45) is 5.92 Å². The first-order chi connectivity index (χ1) is 9.00. The van der Waals surface area contributed by atoms with Crippen molar-refractivity contribution in [1.29, 1.82) is 0 Å². The Morgan fingerprint density at radius 3 is 2.58 bits per heavy atom. The number of fused-ring (bicyclic) bond motifs is 1. The van der Waals surface area contributed by atoms with E-state index >= 15 is 0 Å². The Balaban J connectivity index is 2.14. The quantitative estimate of drug-likeness (QED) is 0.813. The fraction of sp³-hybridized carbons (Fsp3) is 0.571. The lowest BCUT2D eigenvalue weighted by Gasteiger charge is -2.18. The number of aryl methyl sites for hydroxylation is 2. The SMILES string of the molecule is Cc1cn([C@@H]2C[C@H](C)[C@@H](O)[C@H]2O)c2ncnc(C)c12. The first kappa shape index (κ1) is 12.6. The second-order valence-corrected chi connectivity index (χ2v) is 5.64. The van der Waals surface area contributed by atoms with Crippen LogP contribution < -0.4 is 0 Å². The average molecular weight is 261 g/mol. The number of aliphatic hydroxyl groups excluding tert-OH is 2. The van der Waals surface area contributed by atoms with Gasteiger partial charge in [-0.2, -0.15) is 0 Å². The third kappa shape index (κ3) is 1.76. The Hall–Kier alpha value is -1.46. The van der Waals surface area contributed by atoms with Crippen molar-refractivity contribution >= 4 is 11.0 Å². The third-order valence-corrected chi connectivity index (χ3v) is 4.29. The van der Waals surface area contributed by atoms with E-state index < -0.39 is 12.2 Å². The summed E-state index contributed by atoms with van der Waals surface area (Å²) in [7, 11) is 0. The molecule has 5 nitrogen and oxygen atoms in total. The third-order valence-electron chi connectivity index (χ3n) is 4.29. The summed E-state index contributed by atoms with van der Waals surface area (Å²) in [4.78, 5) is 8.57. The molecule has 0 saturated heterocycles. The average Bonchev–Trinajstić information content (AvgIpc) is 2.83. The Bertz CT molecular complexity index is 622. The van der Waals surface area contributed by atoms with Crippen molar-refractivity contribution in [2.75, 3.05) is 0 Å². The monoisotopic (exact) mass is 261 g/mol. The second-order valence-electron chi connectivity index (χ2n) is 5.64. The van der Waals surface area contributed by atoms with Crippen LogP contribution in [0.2, 0.25) is 0 Å². The summed E-state index contributed by atoms with van der Waals surface area (Å²) in [5, 5.41) is 21.2. The van der Waals surface area contributed by atoms with E-state index in [2.05, 4.69) is 9.97 Å². The summed E-state index contributed by atoms with van der Waals surface area (Å²) in [5.41, 5.74) is 2.90. The van der Waals surface area contributed by atoms with Crippen LogP contribution in [0.4, 0.5) is 0 Å². The van der Waals surface area contributed by atoms with E-state index in [0.29, 0.717) is 0 Å². The van der Waals surface area contributed by atoms with Gasteiger partial charge in [0.25, 0.3) is 0 Å². The van der Waals surface area contributed by atoms with Crippen molar-refractivity contribution in [3.05, 3.63) is 23.8 Å². The smallest absolute Gasteiger partial charge is 0.144 e. The van der Waals surface area contributed by atoms with E-state index in [1.807, 2.05) is 31.5 Å². The maximum absolute atomic E-state index is 10.2. The van der Waals surface area contributed by atoms with Gasteiger partial charge in [0.1, 0.15) is 18.1 Å². The van der Waals surface area contributed by atoms with E-state index in [1.54, 1.807) is 6.33 Å². The second kappa shape index (κ2) is 4.28.